The van der Waals surface area contributed by atoms with E-state index in [9.17, 15) is 14.7 Å². The molecule has 2 saturated heterocycles. The van der Waals surface area contributed by atoms with Crippen molar-refractivity contribution in [2.75, 3.05) is 6.61 Å². The summed E-state index contributed by atoms with van der Waals surface area (Å²) in [5.41, 5.74) is 0.925. The number of nitrogens with one attached hydrogen (secondary N) is 1. The van der Waals surface area contributed by atoms with E-state index in [1.54, 1.807) is 20.8 Å². The molecule has 172 valence electrons. The lowest BCUT2D eigenvalue weighted by atomic mass is 9.95. The molecule has 0 aromatic heterocycles. The van der Waals surface area contributed by atoms with E-state index in [0.717, 1.165) is 5.56 Å². The van der Waals surface area contributed by atoms with Gasteiger partial charge in [-0.1, -0.05) is 30.3 Å². The Kier molecular flexibility index (Phi) is 7.66. The molecule has 2 N–H and O–H groups in total. The van der Waals surface area contributed by atoms with Crippen LogP contribution in [-0.2, 0) is 39.9 Å². The summed E-state index contributed by atoms with van der Waals surface area (Å²) in [4.78, 5) is 23.7. The summed E-state index contributed by atoms with van der Waals surface area (Å²) in [5, 5.41) is 13.8. The van der Waals surface area contributed by atoms with Crippen molar-refractivity contribution in [1.29, 1.82) is 0 Å². The van der Waals surface area contributed by atoms with Crippen LogP contribution in [0.4, 0.5) is 0 Å². The lowest BCUT2D eigenvalue weighted by Gasteiger charge is -2.49. The summed E-state index contributed by atoms with van der Waals surface area (Å²) < 4.78 is 28.5. The average Bonchev–Trinajstić information content (AvgIpc) is 2.69. The normalized spacial score (nSPS) is 30.7. The Morgan fingerprint density at radius 1 is 1.29 bits per heavy atom. The van der Waals surface area contributed by atoms with Gasteiger partial charge in [0.25, 0.3) is 0 Å². The van der Waals surface area contributed by atoms with Crippen LogP contribution in [0.15, 0.2) is 30.3 Å². The molecule has 1 amide bonds. The molecule has 0 bridgehead atoms. The minimum Gasteiger partial charge on any atom is -0.462 e. The fourth-order valence-corrected chi connectivity index (χ4v) is 3.72. The summed E-state index contributed by atoms with van der Waals surface area (Å²) >= 11 is 0. The molecule has 0 aliphatic carbocycles. The number of esters is 1. The second kappa shape index (κ2) is 10.1. The Morgan fingerprint density at radius 3 is 2.68 bits per heavy atom. The Labute approximate surface area is 181 Å². The molecule has 2 aliphatic heterocycles. The summed E-state index contributed by atoms with van der Waals surface area (Å²) in [5.74, 6) is -1.76. The van der Waals surface area contributed by atoms with Gasteiger partial charge >= 0.3 is 5.97 Å². The van der Waals surface area contributed by atoms with E-state index in [-0.39, 0.29) is 19.6 Å². The molecule has 0 saturated carbocycles. The van der Waals surface area contributed by atoms with E-state index in [2.05, 4.69) is 5.32 Å². The van der Waals surface area contributed by atoms with Crippen molar-refractivity contribution in [2.24, 2.45) is 0 Å². The lowest BCUT2D eigenvalue weighted by Crippen LogP contribution is -2.68. The van der Waals surface area contributed by atoms with Crippen molar-refractivity contribution in [3.05, 3.63) is 35.9 Å². The number of rotatable bonds is 7. The van der Waals surface area contributed by atoms with Gasteiger partial charge < -0.3 is 34.1 Å². The molecule has 6 atom stereocenters. The van der Waals surface area contributed by atoms with Gasteiger partial charge in [-0.05, 0) is 26.3 Å². The molecule has 9 heteroatoms. The van der Waals surface area contributed by atoms with Crippen LogP contribution in [-0.4, -0.2) is 66.1 Å². The quantitative estimate of drug-likeness (QED) is 0.614. The van der Waals surface area contributed by atoms with Crippen LogP contribution >= 0.6 is 0 Å². The van der Waals surface area contributed by atoms with Gasteiger partial charge in [-0.25, -0.2) is 0 Å². The molecule has 0 spiro atoms. The maximum atomic E-state index is 12.6. The van der Waals surface area contributed by atoms with Crippen molar-refractivity contribution in [3.63, 3.8) is 0 Å². The highest BCUT2D eigenvalue weighted by Gasteiger charge is 2.51. The van der Waals surface area contributed by atoms with E-state index in [4.69, 9.17) is 23.7 Å². The van der Waals surface area contributed by atoms with Gasteiger partial charge in [0.2, 0.25) is 5.91 Å². The standard InChI is InChI=1S/C22H31NO8/c1-13(29-14(2)24)10-17(25)23-18-19(26)20-16(12-28-22(3,4)31-20)30-21(18)27-11-15-8-6-5-7-9-15/h5-9,13,16,18-21,26H,10-12H2,1-4H3,(H,23,25)/t13?,16?,18?,19?,20-,21-/m1/s1. The van der Waals surface area contributed by atoms with Crippen LogP contribution in [0.5, 0.6) is 0 Å². The zero-order valence-electron chi connectivity index (χ0n) is 18.3. The van der Waals surface area contributed by atoms with E-state index in [1.165, 1.54) is 6.92 Å². The van der Waals surface area contributed by atoms with Crippen LogP contribution in [0.1, 0.15) is 39.7 Å². The highest BCUT2D eigenvalue weighted by atomic mass is 16.8. The van der Waals surface area contributed by atoms with E-state index < -0.39 is 54.4 Å². The first-order valence-electron chi connectivity index (χ1n) is 10.4. The number of benzene rings is 1. The number of aliphatic hydroxyl groups is 1. The Hall–Kier alpha value is -2.04. The molecule has 4 unspecified atom stereocenters. The molecule has 1 aromatic rings. The van der Waals surface area contributed by atoms with Crippen molar-refractivity contribution in [1.82, 2.24) is 5.32 Å². The molecular weight excluding hydrogens is 406 g/mol. The number of carbonyl (C=O) groups excluding carboxylic acids is 2. The topological polar surface area (TPSA) is 113 Å². The summed E-state index contributed by atoms with van der Waals surface area (Å²) in [6.07, 6.45) is -3.91. The van der Waals surface area contributed by atoms with Crippen molar-refractivity contribution in [2.45, 2.75) is 83.3 Å². The van der Waals surface area contributed by atoms with E-state index in [0.29, 0.717) is 0 Å². The fourth-order valence-electron chi connectivity index (χ4n) is 3.72. The Balaban J connectivity index is 1.71. The summed E-state index contributed by atoms with van der Waals surface area (Å²) in [7, 11) is 0. The molecular formula is C22H31NO8. The predicted molar refractivity (Wildman–Crippen MR) is 109 cm³/mol. The zero-order valence-corrected chi connectivity index (χ0v) is 18.3. The third kappa shape index (κ3) is 6.47. The number of carbonyl (C=O) groups is 2. The highest BCUT2D eigenvalue weighted by Crippen LogP contribution is 2.33. The second-order valence-corrected chi connectivity index (χ2v) is 8.34. The minimum absolute atomic E-state index is 0.0578. The zero-order chi connectivity index (χ0) is 22.6. The third-order valence-corrected chi connectivity index (χ3v) is 5.11. The summed E-state index contributed by atoms with van der Waals surface area (Å²) in [6, 6.07) is 8.63. The highest BCUT2D eigenvalue weighted by molar-refractivity contribution is 5.77. The van der Waals surface area contributed by atoms with Crippen LogP contribution < -0.4 is 5.32 Å². The SMILES string of the molecule is CC(=O)OC(C)CC(=O)NC1C(O)[C@@H]2OC(C)(C)OCC2O[C@H]1OCc1ccccc1. The number of aliphatic hydroxyl groups excluding tert-OH is 1. The number of hydrogen-bond acceptors (Lipinski definition) is 8. The number of fused-ring (bicyclic) bond motifs is 1. The van der Waals surface area contributed by atoms with Crippen LogP contribution in [0.3, 0.4) is 0 Å². The van der Waals surface area contributed by atoms with Gasteiger partial charge in [0.1, 0.15) is 30.5 Å². The third-order valence-electron chi connectivity index (χ3n) is 5.11. The maximum absolute atomic E-state index is 12.6. The maximum Gasteiger partial charge on any atom is 0.302 e. The van der Waals surface area contributed by atoms with Gasteiger partial charge in [-0.15, -0.1) is 0 Å². The van der Waals surface area contributed by atoms with Gasteiger partial charge in [0, 0.05) is 6.92 Å². The van der Waals surface area contributed by atoms with Gasteiger partial charge in [0.05, 0.1) is 19.6 Å². The monoisotopic (exact) mass is 437 g/mol. The molecule has 9 nitrogen and oxygen atoms in total. The smallest absolute Gasteiger partial charge is 0.302 e. The first kappa shape index (κ1) is 23.6. The first-order chi connectivity index (χ1) is 14.6. The molecule has 2 fully saturated rings. The minimum atomic E-state index is -1.09. The Bertz CT molecular complexity index is 755. The van der Waals surface area contributed by atoms with Gasteiger partial charge in [-0.3, -0.25) is 9.59 Å². The van der Waals surface area contributed by atoms with E-state index >= 15 is 0 Å². The predicted octanol–water partition coefficient (Wildman–Crippen LogP) is 1.27. The molecule has 2 aliphatic rings. The number of hydrogen-bond donors (Lipinski definition) is 2. The molecule has 1 aromatic carbocycles. The largest absolute Gasteiger partial charge is 0.462 e. The molecule has 3 rings (SSSR count). The van der Waals surface area contributed by atoms with Crippen molar-refractivity contribution in [3.8, 4) is 0 Å². The van der Waals surface area contributed by atoms with Crippen LogP contribution in [0.25, 0.3) is 0 Å². The number of ether oxygens (including phenoxy) is 5. The van der Waals surface area contributed by atoms with Gasteiger partial charge in [-0.2, -0.15) is 0 Å². The molecule has 2 heterocycles. The van der Waals surface area contributed by atoms with E-state index in [1.807, 2.05) is 30.3 Å². The fraction of sp³-hybridized carbons (Fsp3) is 0.636. The Morgan fingerprint density at radius 2 is 2.00 bits per heavy atom. The first-order valence-corrected chi connectivity index (χ1v) is 10.4. The molecule has 31 heavy (non-hydrogen) atoms. The number of amides is 1. The van der Waals surface area contributed by atoms with Crippen LogP contribution in [0.2, 0.25) is 0 Å². The average molecular weight is 437 g/mol. The van der Waals surface area contributed by atoms with Crippen molar-refractivity contribution < 1.29 is 38.4 Å². The van der Waals surface area contributed by atoms with Crippen LogP contribution in [0, 0.1) is 0 Å². The van der Waals surface area contributed by atoms with Gasteiger partial charge in [0.15, 0.2) is 12.1 Å². The summed E-state index contributed by atoms with van der Waals surface area (Å²) in [6.45, 7) is 6.87. The second-order valence-electron chi connectivity index (χ2n) is 8.34. The lowest BCUT2D eigenvalue weighted by molar-refractivity contribution is -0.369. The molecule has 0 radical (unpaired) electrons. The van der Waals surface area contributed by atoms with Crippen molar-refractivity contribution >= 4 is 11.9 Å².